The number of nitrogens with zero attached hydrogens (tertiary/aromatic N) is 2. The van der Waals surface area contributed by atoms with Crippen LogP contribution in [0, 0.1) is 27.7 Å². The summed E-state index contributed by atoms with van der Waals surface area (Å²) in [5, 5.41) is 0. The molecular formula is C21H22N2O4. The fraction of sp³-hybridized carbons (Fsp3) is 0.286. The van der Waals surface area contributed by atoms with Crippen LogP contribution in [0.15, 0.2) is 41.3 Å². The molecule has 0 atom stereocenters. The summed E-state index contributed by atoms with van der Waals surface area (Å²) in [4.78, 5) is 28.5. The van der Waals surface area contributed by atoms with Gasteiger partial charge in [0.15, 0.2) is 6.61 Å². The first kappa shape index (κ1) is 18.6. The zero-order valence-corrected chi connectivity index (χ0v) is 15.9. The number of aryl methyl sites for hydroxylation is 4. The smallest absolute Gasteiger partial charge is 0.344 e. The van der Waals surface area contributed by atoms with Gasteiger partial charge in [0.2, 0.25) is 0 Å². The summed E-state index contributed by atoms with van der Waals surface area (Å²) in [5.41, 5.74) is 4.76. The topological polar surface area (TPSA) is 69.9 Å². The van der Waals surface area contributed by atoms with Crippen molar-refractivity contribution in [3.63, 3.8) is 0 Å². The second-order valence-electron chi connectivity index (χ2n) is 6.70. The zero-order chi connectivity index (χ0) is 19.6. The fourth-order valence-corrected chi connectivity index (χ4v) is 3.05. The Morgan fingerprint density at radius 1 is 1.04 bits per heavy atom. The van der Waals surface area contributed by atoms with Crippen molar-refractivity contribution in [2.75, 3.05) is 6.61 Å². The zero-order valence-electron chi connectivity index (χ0n) is 15.9. The van der Waals surface area contributed by atoms with E-state index in [1.54, 1.807) is 12.3 Å². The molecule has 0 saturated heterocycles. The van der Waals surface area contributed by atoms with Crippen molar-refractivity contribution < 1.29 is 14.3 Å². The number of fused-ring (bicyclic) bond motifs is 1. The Morgan fingerprint density at radius 3 is 2.44 bits per heavy atom. The first-order chi connectivity index (χ1) is 12.8. The van der Waals surface area contributed by atoms with Gasteiger partial charge in [-0.3, -0.25) is 9.20 Å². The largest absolute Gasteiger partial charge is 0.481 e. The molecule has 0 saturated carbocycles. The molecule has 0 bridgehead atoms. The third-order valence-electron chi connectivity index (χ3n) is 4.18. The van der Waals surface area contributed by atoms with Crippen LogP contribution in [0.3, 0.4) is 0 Å². The molecule has 2 aromatic heterocycles. The molecule has 2 heterocycles. The predicted octanol–water partition coefficient (Wildman–Crippen LogP) is 3.05. The molecule has 0 radical (unpaired) electrons. The maximum Gasteiger partial charge on any atom is 0.344 e. The Bertz CT molecular complexity index is 1050. The van der Waals surface area contributed by atoms with E-state index in [0.717, 1.165) is 22.3 Å². The molecule has 27 heavy (non-hydrogen) atoms. The Balaban J connectivity index is 1.64. The van der Waals surface area contributed by atoms with Crippen molar-refractivity contribution in [3.8, 4) is 5.75 Å². The number of rotatable bonds is 5. The molecule has 0 aliphatic carbocycles. The van der Waals surface area contributed by atoms with Crippen molar-refractivity contribution in [3.05, 3.63) is 74.8 Å². The average molecular weight is 366 g/mol. The second kappa shape index (κ2) is 7.61. The molecule has 3 aromatic rings. The molecule has 0 aliphatic rings. The summed E-state index contributed by atoms with van der Waals surface area (Å²) in [6, 6.07) is 9.00. The molecule has 6 nitrogen and oxygen atoms in total. The van der Waals surface area contributed by atoms with Gasteiger partial charge < -0.3 is 9.47 Å². The van der Waals surface area contributed by atoms with Gasteiger partial charge in [0.05, 0.1) is 5.69 Å². The van der Waals surface area contributed by atoms with Crippen LogP contribution in [0.5, 0.6) is 5.75 Å². The van der Waals surface area contributed by atoms with E-state index in [2.05, 4.69) is 4.98 Å². The summed E-state index contributed by atoms with van der Waals surface area (Å²) in [6.07, 6.45) is 1.72. The molecule has 0 N–H and O–H groups in total. The van der Waals surface area contributed by atoms with Crippen LogP contribution in [-0.4, -0.2) is 22.0 Å². The van der Waals surface area contributed by atoms with E-state index < -0.39 is 5.97 Å². The monoisotopic (exact) mass is 366 g/mol. The SMILES string of the molecule is Cc1cc(C)c(OCC(=O)OCc2cc(=O)n3cc(C)ccc3n2)c(C)c1. The van der Waals surface area contributed by atoms with Gasteiger partial charge in [-0.2, -0.15) is 0 Å². The lowest BCUT2D eigenvalue weighted by Crippen LogP contribution is -2.19. The highest BCUT2D eigenvalue weighted by Gasteiger charge is 2.11. The molecule has 1 aromatic carbocycles. The van der Waals surface area contributed by atoms with Gasteiger partial charge in [-0.1, -0.05) is 23.8 Å². The van der Waals surface area contributed by atoms with Gasteiger partial charge >= 0.3 is 5.97 Å². The Labute approximate surface area is 157 Å². The normalized spacial score (nSPS) is 10.8. The van der Waals surface area contributed by atoms with Crippen LogP contribution < -0.4 is 10.3 Å². The van der Waals surface area contributed by atoms with E-state index >= 15 is 0 Å². The van der Waals surface area contributed by atoms with Crippen LogP contribution in [0.2, 0.25) is 0 Å². The molecule has 0 spiro atoms. The van der Waals surface area contributed by atoms with Gasteiger partial charge in [-0.15, -0.1) is 0 Å². The molecule has 0 fully saturated rings. The summed E-state index contributed by atoms with van der Waals surface area (Å²) in [6.45, 7) is 7.52. The van der Waals surface area contributed by atoms with Crippen LogP contribution in [0.4, 0.5) is 0 Å². The third kappa shape index (κ3) is 4.34. The van der Waals surface area contributed by atoms with E-state index in [0.29, 0.717) is 17.1 Å². The molecule has 140 valence electrons. The number of pyridine rings is 1. The van der Waals surface area contributed by atoms with Gasteiger partial charge in [0, 0.05) is 12.3 Å². The number of hydrogen-bond donors (Lipinski definition) is 0. The highest BCUT2D eigenvalue weighted by Crippen LogP contribution is 2.24. The quantitative estimate of drug-likeness (QED) is 0.649. The molecule has 0 unspecified atom stereocenters. The van der Waals surface area contributed by atoms with Crippen LogP contribution in [0.1, 0.15) is 27.9 Å². The third-order valence-corrected chi connectivity index (χ3v) is 4.18. The molecular weight excluding hydrogens is 344 g/mol. The van der Waals surface area contributed by atoms with Crippen molar-refractivity contribution in [1.82, 2.24) is 9.38 Å². The fourth-order valence-electron chi connectivity index (χ4n) is 3.05. The van der Waals surface area contributed by atoms with E-state index in [1.165, 1.54) is 10.5 Å². The second-order valence-corrected chi connectivity index (χ2v) is 6.70. The van der Waals surface area contributed by atoms with Crippen molar-refractivity contribution in [2.45, 2.75) is 34.3 Å². The molecule has 6 heteroatoms. The molecule has 3 rings (SSSR count). The first-order valence-electron chi connectivity index (χ1n) is 8.68. The number of esters is 1. The number of carbonyl (C=O) groups excluding carboxylic acids is 1. The Morgan fingerprint density at radius 2 is 1.74 bits per heavy atom. The lowest BCUT2D eigenvalue weighted by molar-refractivity contribution is -0.147. The summed E-state index contributed by atoms with van der Waals surface area (Å²) >= 11 is 0. The number of ether oxygens (including phenoxy) is 2. The lowest BCUT2D eigenvalue weighted by Gasteiger charge is -2.12. The van der Waals surface area contributed by atoms with Crippen LogP contribution in [-0.2, 0) is 16.1 Å². The molecule has 0 amide bonds. The Kier molecular flexibility index (Phi) is 5.26. The van der Waals surface area contributed by atoms with Crippen molar-refractivity contribution >= 4 is 11.6 Å². The van der Waals surface area contributed by atoms with E-state index in [9.17, 15) is 9.59 Å². The van der Waals surface area contributed by atoms with Crippen LogP contribution in [0.25, 0.3) is 5.65 Å². The Hall–Kier alpha value is -3.15. The maximum absolute atomic E-state index is 12.2. The average Bonchev–Trinajstić information content (AvgIpc) is 2.59. The summed E-state index contributed by atoms with van der Waals surface area (Å²) in [5.74, 6) is 0.176. The minimum absolute atomic E-state index is 0.0757. The van der Waals surface area contributed by atoms with Gasteiger partial charge in [0.25, 0.3) is 5.56 Å². The summed E-state index contributed by atoms with van der Waals surface area (Å²) < 4.78 is 12.3. The predicted molar refractivity (Wildman–Crippen MR) is 102 cm³/mol. The number of benzene rings is 1. The van der Waals surface area contributed by atoms with Gasteiger partial charge in [-0.05, 0) is 50.5 Å². The minimum Gasteiger partial charge on any atom is -0.481 e. The van der Waals surface area contributed by atoms with E-state index in [4.69, 9.17) is 9.47 Å². The number of aromatic nitrogens is 2. The van der Waals surface area contributed by atoms with Crippen molar-refractivity contribution in [2.24, 2.45) is 0 Å². The van der Waals surface area contributed by atoms with Gasteiger partial charge in [-0.25, -0.2) is 9.78 Å². The number of carbonyl (C=O) groups is 1. The molecule has 0 aliphatic heterocycles. The van der Waals surface area contributed by atoms with Crippen molar-refractivity contribution in [1.29, 1.82) is 0 Å². The standard InChI is InChI=1S/C21H22N2O4/c1-13-5-6-18-22-17(9-19(24)23(18)10-13)11-26-20(25)12-27-21-15(3)7-14(2)8-16(21)4/h5-10H,11-12H2,1-4H3. The number of hydrogen-bond acceptors (Lipinski definition) is 5. The van der Waals surface area contributed by atoms with E-state index in [1.807, 2.05) is 45.9 Å². The van der Waals surface area contributed by atoms with Crippen LogP contribution >= 0.6 is 0 Å². The minimum atomic E-state index is -0.514. The summed E-state index contributed by atoms with van der Waals surface area (Å²) in [7, 11) is 0. The lowest BCUT2D eigenvalue weighted by atomic mass is 10.1. The van der Waals surface area contributed by atoms with E-state index in [-0.39, 0.29) is 18.8 Å². The highest BCUT2D eigenvalue weighted by atomic mass is 16.6. The first-order valence-corrected chi connectivity index (χ1v) is 8.68. The van der Waals surface area contributed by atoms with Gasteiger partial charge in [0.1, 0.15) is 18.0 Å². The maximum atomic E-state index is 12.2. The highest BCUT2D eigenvalue weighted by molar-refractivity contribution is 5.71.